The number of urea groups is 1. The number of aliphatic hydroxyl groups is 1. The third-order valence-corrected chi connectivity index (χ3v) is 3.53. The summed E-state index contributed by atoms with van der Waals surface area (Å²) in [6, 6.07) is -0.346. The Bertz CT molecular complexity index is 296. The molecule has 2 N–H and O–H groups in total. The van der Waals surface area contributed by atoms with E-state index in [4.69, 9.17) is 5.11 Å². The van der Waals surface area contributed by atoms with Crippen molar-refractivity contribution in [3.8, 4) is 0 Å². The number of carbonyl (C=O) groups is 2. The molecule has 0 aromatic rings. The van der Waals surface area contributed by atoms with E-state index in [-0.39, 0.29) is 25.1 Å². The molecule has 90 valence electrons. The van der Waals surface area contributed by atoms with Crippen LogP contribution >= 0.6 is 0 Å². The lowest BCUT2D eigenvalue weighted by molar-refractivity contribution is -0.132. The molecule has 1 heterocycles. The minimum absolute atomic E-state index is 0.104. The van der Waals surface area contributed by atoms with E-state index in [9.17, 15) is 9.59 Å². The van der Waals surface area contributed by atoms with Gasteiger partial charge in [0.1, 0.15) is 5.54 Å². The van der Waals surface area contributed by atoms with Gasteiger partial charge in [-0.3, -0.25) is 9.69 Å². The molecule has 1 saturated carbocycles. The molecule has 1 aliphatic heterocycles. The lowest BCUT2D eigenvalue weighted by Crippen LogP contribution is -2.46. The largest absolute Gasteiger partial charge is 0.395 e. The van der Waals surface area contributed by atoms with Crippen LogP contribution in [0.25, 0.3) is 0 Å². The van der Waals surface area contributed by atoms with Crippen molar-refractivity contribution in [3.63, 3.8) is 0 Å². The van der Waals surface area contributed by atoms with Gasteiger partial charge in [-0.2, -0.15) is 0 Å². The van der Waals surface area contributed by atoms with E-state index in [0.29, 0.717) is 0 Å². The van der Waals surface area contributed by atoms with Gasteiger partial charge in [-0.25, -0.2) is 4.79 Å². The summed E-state index contributed by atoms with van der Waals surface area (Å²) in [6.07, 6.45) is 5.70. The summed E-state index contributed by atoms with van der Waals surface area (Å²) in [4.78, 5) is 25.0. The first kappa shape index (κ1) is 11.4. The maximum atomic E-state index is 12.2. The predicted molar refractivity (Wildman–Crippen MR) is 57.8 cm³/mol. The third-order valence-electron chi connectivity index (χ3n) is 3.53. The molecule has 1 saturated heterocycles. The lowest BCUT2D eigenvalue weighted by atomic mass is 9.90. The van der Waals surface area contributed by atoms with E-state index in [2.05, 4.69) is 5.32 Å². The second-order valence-corrected chi connectivity index (χ2v) is 4.61. The summed E-state index contributed by atoms with van der Waals surface area (Å²) in [5.41, 5.74) is -0.664. The molecular weight excluding hydrogens is 208 g/mol. The number of carbonyl (C=O) groups excluding carboxylic acids is 2. The Hall–Kier alpha value is -1.10. The first-order valence-corrected chi connectivity index (χ1v) is 5.95. The standard InChI is InChI=1S/C11H18N2O3/c14-8-7-13-9(15)11(12-10(13)16)5-3-1-2-4-6-11/h14H,1-8H2,(H,12,16). The van der Waals surface area contributed by atoms with Crippen LogP contribution in [-0.2, 0) is 4.79 Å². The van der Waals surface area contributed by atoms with Gasteiger partial charge >= 0.3 is 6.03 Å². The molecule has 1 aliphatic carbocycles. The number of β-amino-alcohol motifs (C(OH)–C–C–N with tert-alkyl or cyclic N) is 1. The smallest absolute Gasteiger partial charge is 0.325 e. The van der Waals surface area contributed by atoms with E-state index in [0.717, 1.165) is 43.4 Å². The average molecular weight is 226 g/mol. The summed E-state index contributed by atoms with van der Waals surface area (Å²) in [6.45, 7) is -0.0678. The maximum absolute atomic E-state index is 12.2. The van der Waals surface area contributed by atoms with Crippen LogP contribution in [0.1, 0.15) is 38.5 Å². The molecule has 5 nitrogen and oxygen atoms in total. The van der Waals surface area contributed by atoms with Crippen LogP contribution in [0.2, 0.25) is 0 Å². The van der Waals surface area contributed by atoms with Crippen molar-refractivity contribution in [1.29, 1.82) is 0 Å². The number of rotatable bonds is 2. The average Bonchev–Trinajstić information content (AvgIpc) is 2.48. The highest BCUT2D eigenvalue weighted by atomic mass is 16.3. The van der Waals surface area contributed by atoms with Crippen molar-refractivity contribution in [2.45, 2.75) is 44.1 Å². The minimum Gasteiger partial charge on any atom is -0.395 e. The Balaban J connectivity index is 2.16. The number of aliphatic hydroxyl groups excluding tert-OH is 1. The second-order valence-electron chi connectivity index (χ2n) is 4.61. The van der Waals surface area contributed by atoms with Crippen molar-refractivity contribution in [2.24, 2.45) is 0 Å². The van der Waals surface area contributed by atoms with Crippen molar-refractivity contribution < 1.29 is 14.7 Å². The molecule has 0 aromatic carbocycles. The van der Waals surface area contributed by atoms with Crippen LogP contribution in [0.3, 0.4) is 0 Å². The van der Waals surface area contributed by atoms with Gasteiger partial charge in [0.2, 0.25) is 0 Å². The van der Waals surface area contributed by atoms with Gasteiger partial charge < -0.3 is 10.4 Å². The van der Waals surface area contributed by atoms with Crippen molar-refractivity contribution in [2.75, 3.05) is 13.2 Å². The normalized spacial score (nSPS) is 24.7. The van der Waals surface area contributed by atoms with Crippen molar-refractivity contribution in [1.82, 2.24) is 10.2 Å². The monoisotopic (exact) mass is 226 g/mol. The molecule has 5 heteroatoms. The van der Waals surface area contributed by atoms with E-state index < -0.39 is 5.54 Å². The molecule has 1 spiro atoms. The summed E-state index contributed by atoms with van der Waals surface area (Å²) >= 11 is 0. The minimum atomic E-state index is -0.664. The fourth-order valence-electron chi connectivity index (χ4n) is 2.65. The molecular formula is C11H18N2O3. The highest BCUT2D eigenvalue weighted by molar-refractivity contribution is 6.07. The van der Waals surface area contributed by atoms with Gasteiger partial charge in [-0.15, -0.1) is 0 Å². The highest BCUT2D eigenvalue weighted by Gasteiger charge is 2.50. The first-order valence-electron chi connectivity index (χ1n) is 5.95. The molecule has 16 heavy (non-hydrogen) atoms. The van der Waals surface area contributed by atoms with Gasteiger partial charge in [0.15, 0.2) is 0 Å². The first-order chi connectivity index (χ1) is 7.69. The van der Waals surface area contributed by atoms with E-state index in [1.54, 1.807) is 0 Å². The fourth-order valence-corrected chi connectivity index (χ4v) is 2.65. The molecule has 3 amide bonds. The van der Waals surface area contributed by atoms with Gasteiger partial charge in [0.25, 0.3) is 5.91 Å². The Kier molecular flexibility index (Phi) is 3.14. The highest BCUT2D eigenvalue weighted by Crippen LogP contribution is 2.32. The summed E-state index contributed by atoms with van der Waals surface area (Å²) in [5, 5.41) is 11.7. The van der Waals surface area contributed by atoms with Gasteiger partial charge in [0.05, 0.1) is 13.2 Å². The van der Waals surface area contributed by atoms with Gasteiger partial charge in [-0.1, -0.05) is 25.7 Å². The number of nitrogens with zero attached hydrogens (tertiary/aromatic N) is 1. The van der Waals surface area contributed by atoms with Crippen LogP contribution in [0.4, 0.5) is 4.79 Å². The van der Waals surface area contributed by atoms with E-state index >= 15 is 0 Å². The Morgan fingerprint density at radius 1 is 1.19 bits per heavy atom. The van der Waals surface area contributed by atoms with E-state index in [1.807, 2.05) is 0 Å². The number of amides is 3. The summed E-state index contributed by atoms with van der Waals surface area (Å²) < 4.78 is 0. The van der Waals surface area contributed by atoms with E-state index in [1.165, 1.54) is 0 Å². The molecule has 0 radical (unpaired) electrons. The van der Waals surface area contributed by atoms with Crippen molar-refractivity contribution in [3.05, 3.63) is 0 Å². The zero-order valence-corrected chi connectivity index (χ0v) is 9.37. The molecule has 2 rings (SSSR count). The molecule has 2 fully saturated rings. The number of hydrogen-bond acceptors (Lipinski definition) is 3. The Morgan fingerprint density at radius 2 is 1.81 bits per heavy atom. The summed E-state index contributed by atoms with van der Waals surface area (Å²) in [5.74, 6) is -0.145. The number of nitrogens with one attached hydrogen (secondary N) is 1. The van der Waals surface area contributed by atoms with Crippen LogP contribution in [0, 0.1) is 0 Å². The predicted octanol–water partition coefficient (Wildman–Crippen LogP) is 0.623. The second kappa shape index (κ2) is 4.41. The quantitative estimate of drug-likeness (QED) is 0.678. The molecule has 0 unspecified atom stereocenters. The van der Waals surface area contributed by atoms with Gasteiger partial charge in [0, 0.05) is 0 Å². The van der Waals surface area contributed by atoms with Crippen LogP contribution < -0.4 is 5.32 Å². The van der Waals surface area contributed by atoms with Crippen LogP contribution in [0.5, 0.6) is 0 Å². The maximum Gasteiger partial charge on any atom is 0.325 e. The molecule has 0 aromatic heterocycles. The SMILES string of the molecule is O=C1NC2(CCCCCC2)C(=O)N1CCO. The lowest BCUT2D eigenvalue weighted by Gasteiger charge is -2.24. The van der Waals surface area contributed by atoms with Crippen LogP contribution in [0.15, 0.2) is 0 Å². The molecule has 2 aliphatic rings. The molecule has 0 bridgehead atoms. The zero-order chi connectivity index (χ0) is 11.6. The topological polar surface area (TPSA) is 69.6 Å². The van der Waals surface area contributed by atoms with Crippen LogP contribution in [-0.4, -0.2) is 40.6 Å². The Morgan fingerprint density at radius 3 is 2.38 bits per heavy atom. The number of hydrogen-bond donors (Lipinski definition) is 2. The van der Waals surface area contributed by atoms with Gasteiger partial charge in [-0.05, 0) is 12.8 Å². The molecule has 0 atom stereocenters. The number of imide groups is 1. The summed E-state index contributed by atoms with van der Waals surface area (Å²) in [7, 11) is 0. The van der Waals surface area contributed by atoms with Crippen molar-refractivity contribution >= 4 is 11.9 Å². The zero-order valence-electron chi connectivity index (χ0n) is 9.37. The fraction of sp³-hybridized carbons (Fsp3) is 0.818. The Labute approximate surface area is 94.8 Å². The third kappa shape index (κ3) is 1.80.